The van der Waals surface area contributed by atoms with Crippen molar-refractivity contribution in [1.82, 2.24) is 4.57 Å². The van der Waals surface area contributed by atoms with Gasteiger partial charge in [-0.25, -0.2) is 0 Å². The number of benzene rings is 6. The van der Waals surface area contributed by atoms with Gasteiger partial charge in [-0.1, -0.05) is 133 Å². The number of aromatic nitrogens is 1. The highest BCUT2D eigenvalue weighted by Crippen LogP contribution is 2.46. The van der Waals surface area contributed by atoms with Crippen LogP contribution in [0.5, 0.6) is 0 Å². The Balaban J connectivity index is 1.40. The van der Waals surface area contributed by atoms with Gasteiger partial charge >= 0.3 is 0 Å². The van der Waals surface area contributed by atoms with Gasteiger partial charge in [0.25, 0.3) is 6.71 Å². The number of para-hydroxylation sites is 2. The number of fused-ring (bicyclic) bond motifs is 6. The first-order valence-electron chi connectivity index (χ1n) is 15.1. The third kappa shape index (κ3) is 3.81. The first-order chi connectivity index (χ1) is 21.9. The Morgan fingerprint density at radius 3 is 1.80 bits per heavy atom. The first kappa shape index (κ1) is 25.2. The fourth-order valence-electron chi connectivity index (χ4n) is 6.96. The largest absolute Gasteiger partial charge is 0.319 e. The molecule has 6 aromatic carbocycles. The van der Waals surface area contributed by atoms with Crippen molar-refractivity contribution < 1.29 is 0 Å². The molecule has 0 bridgehead atoms. The molecule has 44 heavy (non-hydrogen) atoms. The van der Waals surface area contributed by atoms with Crippen LogP contribution >= 0.6 is 11.3 Å². The molecular weight excluding hydrogens is 551 g/mol. The summed E-state index contributed by atoms with van der Waals surface area (Å²) >= 11 is 1.92. The molecule has 0 atom stereocenters. The molecule has 2 nitrogen and oxygen atoms in total. The quantitative estimate of drug-likeness (QED) is 0.190. The Morgan fingerprint density at radius 1 is 0.455 bits per heavy atom. The molecule has 1 aliphatic heterocycles. The maximum absolute atomic E-state index is 2.54. The molecule has 4 heteroatoms. The molecule has 1 aliphatic rings. The van der Waals surface area contributed by atoms with E-state index in [4.69, 9.17) is 0 Å². The molecular formula is C40H27BN2S. The summed E-state index contributed by atoms with van der Waals surface area (Å²) < 4.78 is 5.18. The molecule has 0 radical (unpaired) electrons. The van der Waals surface area contributed by atoms with E-state index in [1.807, 2.05) is 11.3 Å². The molecule has 0 saturated heterocycles. The minimum atomic E-state index is 0.0750. The number of rotatable bonds is 4. The van der Waals surface area contributed by atoms with Crippen molar-refractivity contribution in [1.29, 1.82) is 0 Å². The topological polar surface area (TPSA) is 8.17 Å². The van der Waals surface area contributed by atoms with E-state index in [2.05, 4.69) is 173 Å². The molecule has 0 amide bonds. The van der Waals surface area contributed by atoms with Crippen LogP contribution in [0.25, 0.3) is 37.8 Å². The molecule has 9 rings (SSSR count). The minimum Gasteiger partial charge on any atom is -0.319 e. The number of nitrogens with zero attached hydrogens (tertiary/aromatic N) is 2. The third-order valence-electron chi connectivity index (χ3n) is 8.84. The maximum atomic E-state index is 2.54. The van der Waals surface area contributed by atoms with E-state index >= 15 is 0 Å². The lowest BCUT2D eigenvalue weighted by Crippen LogP contribution is -2.58. The Morgan fingerprint density at radius 2 is 1.05 bits per heavy atom. The van der Waals surface area contributed by atoms with Gasteiger partial charge in [-0.05, 0) is 47.5 Å². The van der Waals surface area contributed by atoms with Gasteiger partial charge in [-0.2, -0.15) is 0 Å². The van der Waals surface area contributed by atoms with E-state index in [0.717, 1.165) is 0 Å². The summed E-state index contributed by atoms with van der Waals surface area (Å²) in [5.74, 6) is 0. The highest BCUT2D eigenvalue weighted by Gasteiger charge is 2.42. The highest BCUT2D eigenvalue weighted by atomic mass is 32.1. The summed E-state index contributed by atoms with van der Waals surface area (Å²) in [7, 11) is 0. The lowest BCUT2D eigenvalue weighted by atomic mass is 9.39. The molecule has 0 aliphatic carbocycles. The van der Waals surface area contributed by atoms with Crippen molar-refractivity contribution in [2.24, 2.45) is 0 Å². The van der Waals surface area contributed by atoms with Crippen LogP contribution in [-0.4, -0.2) is 11.3 Å². The van der Waals surface area contributed by atoms with Gasteiger partial charge in [-0.15, -0.1) is 11.3 Å². The van der Waals surface area contributed by atoms with Gasteiger partial charge in [0.15, 0.2) is 0 Å². The number of hydrogen-bond acceptors (Lipinski definition) is 2. The third-order valence-corrected chi connectivity index (χ3v) is 10.1. The van der Waals surface area contributed by atoms with Gasteiger partial charge < -0.3 is 9.47 Å². The summed E-state index contributed by atoms with van der Waals surface area (Å²) in [5.41, 5.74) is 11.1. The molecule has 0 saturated carbocycles. The Labute approximate surface area is 261 Å². The molecule has 0 N–H and O–H groups in total. The summed E-state index contributed by atoms with van der Waals surface area (Å²) in [6.07, 6.45) is 0. The van der Waals surface area contributed by atoms with Crippen molar-refractivity contribution in [3.05, 3.63) is 164 Å². The van der Waals surface area contributed by atoms with Crippen LogP contribution in [0.2, 0.25) is 0 Å². The fourth-order valence-corrected chi connectivity index (χ4v) is 8.28. The van der Waals surface area contributed by atoms with E-state index in [1.54, 1.807) is 0 Å². The lowest BCUT2D eigenvalue weighted by Gasteiger charge is -2.34. The fraction of sp³-hybridized carbons (Fsp3) is 0. The predicted octanol–water partition coefficient (Wildman–Crippen LogP) is 8.81. The maximum Gasteiger partial charge on any atom is 0.280 e. The molecule has 0 fully saturated rings. The van der Waals surface area contributed by atoms with Gasteiger partial charge in [0.05, 0.1) is 16.9 Å². The summed E-state index contributed by atoms with van der Waals surface area (Å²) in [4.78, 5) is 2.54. The normalized spacial score (nSPS) is 12.5. The Kier molecular flexibility index (Phi) is 5.82. The standard InChI is InChI=1S/C40H27BN2S/c1-4-14-28(15-5-1)29-24-26-32(27-25-29)43-37-33-20-10-12-22-35(33)42(31-18-8-3-9-19-31)39(37)41(30-16-6-2-7-17-30)40-38(43)34-21-11-13-23-36(34)44-40/h1-27H. The Bertz CT molecular complexity index is 2270. The van der Waals surface area contributed by atoms with Crippen molar-refractivity contribution in [3.8, 4) is 16.8 Å². The number of hydrogen-bond donors (Lipinski definition) is 0. The molecule has 0 unspecified atom stereocenters. The van der Waals surface area contributed by atoms with Crippen molar-refractivity contribution in [3.63, 3.8) is 0 Å². The van der Waals surface area contributed by atoms with E-state index in [1.165, 1.54) is 70.7 Å². The monoisotopic (exact) mass is 578 g/mol. The molecule has 206 valence electrons. The SMILES string of the molecule is c1ccc(B2c3sc4ccccc4c3N(c3ccc(-c4ccccc4)cc3)c3c2n(-c2ccccc2)c2ccccc32)cc1. The zero-order chi connectivity index (χ0) is 29.0. The van der Waals surface area contributed by atoms with Crippen molar-refractivity contribution >= 4 is 71.9 Å². The smallest absolute Gasteiger partial charge is 0.280 e. The van der Waals surface area contributed by atoms with Gasteiger partial charge in [0.2, 0.25) is 0 Å². The molecule has 2 aromatic heterocycles. The average Bonchev–Trinajstić information content (AvgIpc) is 3.65. The van der Waals surface area contributed by atoms with Crippen LogP contribution in [0.3, 0.4) is 0 Å². The summed E-state index contributed by atoms with van der Waals surface area (Å²) in [6, 6.07) is 59.4. The lowest BCUT2D eigenvalue weighted by molar-refractivity contribution is 1.16. The van der Waals surface area contributed by atoms with E-state index < -0.39 is 0 Å². The van der Waals surface area contributed by atoms with E-state index in [9.17, 15) is 0 Å². The number of thiophene rings is 1. The Hall–Kier alpha value is -5.32. The highest BCUT2D eigenvalue weighted by molar-refractivity contribution is 7.33. The molecule has 8 aromatic rings. The van der Waals surface area contributed by atoms with Crippen LogP contribution in [0.4, 0.5) is 17.1 Å². The van der Waals surface area contributed by atoms with Crippen LogP contribution in [0, 0.1) is 0 Å². The van der Waals surface area contributed by atoms with Crippen LogP contribution < -0.4 is 20.7 Å². The second-order valence-corrected chi connectivity index (χ2v) is 12.4. The molecule has 3 heterocycles. The zero-order valence-electron chi connectivity index (χ0n) is 24.0. The van der Waals surface area contributed by atoms with Gasteiger partial charge in [0, 0.05) is 37.2 Å². The summed E-state index contributed by atoms with van der Waals surface area (Å²) in [5, 5.41) is 2.54. The minimum absolute atomic E-state index is 0.0750. The molecule has 0 spiro atoms. The van der Waals surface area contributed by atoms with E-state index in [0.29, 0.717) is 0 Å². The van der Waals surface area contributed by atoms with Gasteiger partial charge in [0.1, 0.15) is 0 Å². The number of anilines is 3. The second kappa shape index (κ2) is 10.2. The van der Waals surface area contributed by atoms with Gasteiger partial charge in [-0.3, -0.25) is 0 Å². The first-order valence-corrected chi connectivity index (χ1v) is 15.9. The van der Waals surface area contributed by atoms with Crippen molar-refractivity contribution in [2.45, 2.75) is 0 Å². The zero-order valence-corrected chi connectivity index (χ0v) is 24.8. The van der Waals surface area contributed by atoms with Crippen LogP contribution in [0.1, 0.15) is 0 Å². The van der Waals surface area contributed by atoms with Crippen LogP contribution in [-0.2, 0) is 0 Å². The summed E-state index contributed by atoms with van der Waals surface area (Å²) in [6.45, 7) is 0.0750. The average molecular weight is 579 g/mol. The predicted molar refractivity (Wildman–Crippen MR) is 190 cm³/mol. The van der Waals surface area contributed by atoms with Crippen molar-refractivity contribution in [2.75, 3.05) is 4.90 Å². The van der Waals surface area contributed by atoms with E-state index in [-0.39, 0.29) is 6.71 Å². The second-order valence-electron chi connectivity index (χ2n) is 11.3. The van der Waals surface area contributed by atoms with Crippen LogP contribution in [0.15, 0.2) is 164 Å².